The van der Waals surface area contributed by atoms with E-state index in [0.717, 1.165) is 41.1 Å². The summed E-state index contributed by atoms with van der Waals surface area (Å²) in [4.78, 5) is 29.8. The number of pyridine rings is 1. The Balaban J connectivity index is 1.43. The molecule has 3 aromatic rings. The molecule has 6 heteroatoms. The lowest BCUT2D eigenvalue weighted by Crippen LogP contribution is -2.32. The topological polar surface area (TPSA) is 65.2 Å². The zero-order chi connectivity index (χ0) is 18.6. The van der Waals surface area contributed by atoms with Gasteiger partial charge in [-0.1, -0.05) is 30.3 Å². The number of amides is 1. The smallest absolute Gasteiger partial charge is 0.261 e. The van der Waals surface area contributed by atoms with E-state index in [4.69, 9.17) is 0 Å². The summed E-state index contributed by atoms with van der Waals surface area (Å²) in [6.45, 7) is 2.54. The largest absolute Gasteiger partial charge is 0.370 e. The molecule has 1 saturated heterocycles. The molecule has 1 aromatic heterocycles. The molecule has 138 valence electrons. The van der Waals surface area contributed by atoms with Gasteiger partial charge in [-0.15, -0.1) is 0 Å². The minimum absolute atomic E-state index is 0.135. The van der Waals surface area contributed by atoms with Gasteiger partial charge < -0.3 is 15.2 Å². The summed E-state index contributed by atoms with van der Waals surface area (Å²) in [6.07, 6.45) is 0. The van der Waals surface area contributed by atoms with Gasteiger partial charge in [0.2, 0.25) is 0 Å². The lowest BCUT2D eigenvalue weighted by Gasteiger charge is -2.28. The maximum Gasteiger partial charge on any atom is 0.261 e. The number of aromatic nitrogens is 1. The van der Waals surface area contributed by atoms with Gasteiger partial charge in [0.15, 0.2) is 0 Å². The fourth-order valence-electron chi connectivity index (χ4n) is 3.24. The third kappa shape index (κ3) is 4.01. The second-order valence-corrected chi connectivity index (χ2v) is 7.77. The third-order valence-electron chi connectivity index (χ3n) is 4.76. The number of fused-ring (bicyclic) bond motifs is 1. The van der Waals surface area contributed by atoms with E-state index in [1.165, 1.54) is 5.69 Å². The fraction of sp³-hybridized carbons (Fsp3) is 0.238. The number of carbonyl (C=O) groups excluding carboxylic acids is 1. The van der Waals surface area contributed by atoms with Crippen LogP contribution in [0.5, 0.6) is 0 Å². The molecule has 0 saturated carbocycles. The van der Waals surface area contributed by atoms with E-state index in [0.29, 0.717) is 6.54 Å². The second-order valence-electron chi connectivity index (χ2n) is 6.55. The van der Waals surface area contributed by atoms with Crippen LogP contribution in [0.1, 0.15) is 15.9 Å². The van der Waals surface area contributed by atoms with Crippen LogP contribution in [0, 0.1) is 0 Å². The Morgan fingerprint density at radius 2 is 1.81 bits per heavy atom. The molecule has 27 heavy (non-hydrogen) atoms. The number of hydrogen-bond donors (Lipinski definition) is 2. The molecule has 0 bridgehead atoms. The Bertz CT molecular complexity index is 1010. The van der Waals surface area contributed by atoms with Gasteiger partial charge >= 0.3 is 0 Å². The molecule has 2 N–H and O–H groups in total. The fourth-order valence-corrected chi connectivity index (χ4v) is 4.14. The molecule has 0 radical (unpaired) electrons. The number of anilines is 1. The standard InChI is InChI=1S/C21H21N3O2S/c25-20(18-13-16-3-1-2-4-19(16)23-21(18)26)22-14-15-5-7-17(8-6-15)24-9-11-27-12-10-24/h1-8,13H,9-12,14H2,(H,22,25)(H,23,26). The first-order valence-corrected chi connectivity index (χ1v) is 10.2. The number of nitrogens with zero attached hydrogens (tertiary/aromatic N) is 1. The van der Waals surface area contributed by atoms with Crippen LogP contribution < -0.4 is 15.8 Å². The molecule has 1 aliphatic rings. The van der Waals surface area contributed by atoms with Gasteiger partial charge in [0.05, 0.1) is 0 Å². The first-order valence-electron chi connectivity index (χ1n) is 9.02. The molecular formula is C21H21N3O2S. The van der Waals surface area contributed by atoms with Crippen LogP contribution in [-0.2, 0) is 6.54 Å². The minimum atomic E-state index is -0.371. The van der Waals surface area contributed by atoms with Crippen molar-refractivity contribution >= 4 is 34.3 Å². The number of hydrogen-bond acceptors (Lipinski definition) is 4. The summed E-state index contributed by atoms with van der Waals surface area (Å²) < 4.78 is 0. The van der Waals surface area contributed by atoms with E-state index < -0.39 is 0 Å². The lowest BCUT2D eigenvalue weighted by molar-refractivity contribution is 0.0949. The van der Waals surface area contributed by atoms with Gasteiger partial charge in [0, 0.05) is 42.3 Å². The van der Waals surface area contributed by atoms with E-state index in [9.17, 15) is 9.59 Å². The van der Waals surface area contributed by atoms with Crippen molar-refractivity contribution in [3.8, 4) is 0 Å². The molecule has 5 nitrogen and oxygen atoms in total. The number of para-hydroxylation sites is 1. The monoisotopic (exact) mass is 379 g/mol. The summed E-state index contributed by atoms with van der Waals surface area (Å²) in [6, 6.07) is 17.3. The van der Waals surface area contributed by atoms with Crippen LogP contribution in [0.3, 0.4) is 0 Å². The van der Waals surface area contributed by atoms with Crippen molar-refractivity contribution < 1.29 is 4.79 Å². The quantitative estimate of drug-likeness (QED) is 0.731. The number of nitrogens with one attached hydrogen (secondary N) is 2. The molecule has 0 unspecified atom stereocenters. The van der Waals surface area contributed by atoms with Crippen LogP contribution in [0.15, 0.2) is 59.4 Å². The molecule has 2 aromatic carbocycles. The number of H-pyrrole nitrogens is 1. The maximum absolute atomic E-state index is 12.5. The van der Waals surface area contributed by atoms with E-state index in [2.05, 4.69) is 27.3 Å². The lowest BCUT2D eigenvalue weighted by atomic mass is 10.1. The normalized spacial score (nSPS) is 14.3. The highest BCUT2D eigenvalue weighted by atomic mass is 32.2. The Hall–Kier alpha value is -2.73. The summed E-state index contributed by atoms with van der Waals surface area (Å²) in [5, 5.41) is 3.68. The van der Waals surface area contributed by atoms with Crippen molar-refractivity contribution in [1.82, 2.24) is 10.3 Å². The van der Waals surface area contributed by atoms with Crippen LogP contribution in [0.25, 0.3) is 10.9 Å². The Labute approximate surface area is 161 Å². The van der Waals surface area contributed by atoms with E-state index in [1.807, 2.05) is 48.2 Å². The van der Waals surface area contributed by atoms with Crippen LogP contribution in [0.2, 0.25) is 0 Å². The first-order chi connectivity index (χ1) is 13.2. The maximum atomic E-state index is 12.5. The molecule has 4 rings (SSSR count). The molecule has 0 atom stereocenters. The van der Waals surface area contributed by atoms with Crippen molar-refractivity contribution in [3.05, 3.63) is 76.1 Å². The van der Waals surface area contributed by atoms with Crippen LogP contribution in [-0.4, -0.2) is 35.5 Å². The predicted molar refractivity (Wildman–Crippen MR) is 112 cm³/mol. The van der Waals surface area contributed by atoms with Crippen molar-refractivity contribution in [3.63, 3.8) is 0 Å². The molecule has 2 heterocycles. The number of benzene rings is 2. The van der Waals surface area contributed by atoms with Crippen molar-refractivity contribution in [2.24, 2.45) is 0 Å². The molecule has 1 fully saturated rings. The number of thioether (sulfide) groups is 1. The molecule has 0 aliphatic carbocycles. The van der Waals surface area contributed by atoms with Crippen LogP contribution >= 0.6 is 11.8 Å². The van der Waals surface area contributed by atoms with Gasteiger partial charge in [0.25, 0.3) is 11.5 Å². The Morgan fingerprint density at radius 3 is 2.59 bits per heavy atom. The summed E-state index contributed by atoms with van der Waals surface area (Å²) in [5.74, 6) is 1.97. The number of aromatic amines is 1. The highest BCUT2D eigenvalue weighted by Crippen LogP contribution is 2.20. The zero-order valence-corrected chi connectivity index (χ0v) is 15.7. The van der Waals surface area contributed by atoms with Crippen molar-refractivity contribution in [1.29, 1.82) is 0 Å². The van der Waals surface area contributed by atoms with Crippen molar-refractivity contribution in [2.75, 3.05) is 29.5 Å². The van der Waals surface area contributed by atoms with E-state index in [-0.39, 0.29) is 17.0 Å². The Morgan fingerprint density at radius 1 is 1.07 bits per heavy atom. The summed E-state index contributed by atoms with van der Waals surface area (Å²) in [5.41, 5.74) is 2.72. The minimum Gasteiger partial charge on any atom is -0.370 e. The van der Waals surface area contributed by atoms with Crippen LogP contribution in [0.4, 0.5) is 5.69 Å². The predicted octanol–water partition coefficient (Wildman–Crippen LogP) is 3.01. The van der Waals surface area contributed by atoms with Gasteiger partial charge in [-0.05, 0) is 35.2 Å². The molecule has 0 spiro atoms. The average Bonchev–Trinajstić information content (AvgIpc) is 2.72. The molecular weight excluding hydrogens is 358 g/mol. The second kappa shape index (κ2) is 7.88. The average molecular weight is 379 g/mol. The number of rotatable bonds is 4. The van der Waals surface area contributed by atoms with Gasteiger partial charge in [-0.25, -0.2) is 0 Å². The van der Waals surface area contributed by atoms with E-state index in [1.54, 1.807) is 6.07 Å². The highest BCUT2D eigenvalue weighted by Gasteiger charge is 2.13. The molecule has 1 aliphatic heterocycles. The first kappa shape index (κ1) is 17.7. The van der Waals surface area contributed by atoms with E-state index >= 15 is 0 Å². The van der Waals surface area contributed by atoms with Gasteiger partial charge in [0.1, 0.15) is 5.56 Å². The SMILES string of the molecule is O=C(NCc1ccc(N2CCSCC2)cc1)c1cc2ccccc2[nH]c1=O. The van der Waals surface area contributed by atoms with Gasteiger partial charge in [-0.2, -0.15) is 11.8 Å². The van der Waals surface area contributed by atoms with Crippen molar-refractivity contribution in [2.45, 2.75) is 6.54 Å². The summed E-state index contributed by atoms with van der Waals surface area (Å²) >= 11 is 1.99. The summed E-state index contributed by atoms with van der Waals surface area (Å²) in [7, 11) is 0. The van der Waals surface area contributed by atoms with Gasteiger partial charge in [-0.3, -0.25) is 9.59 Å². The third-order valence-corrected chi connectivity index (χ3v) is 5.71. The zero-order valence-electron chi connectivity index (χ0n) is 14.9. The number of carbonyl (C=O) groups is 1. The molecule has 1 amide bonds. The Kier molecular flexibility index (Phi) is 5.16. The highest BCUT2D eigenvalue weighted by molar-refractivity contribution is 7.99.